The number of fused-ring (bicyclic) bond motifs is 1. The zero-order valence-corrected chi connectivity index (χ0v) is 16.2. The van der Waals surface area contributed by atoms with Crippen LogP contribution in [0.3, 0.4) is 0 Å². The predicted octanol–water partition coefficient (Wildman–Crippen LogP) is 3.47. The van der Waals surface area contributed by atoms with Gasteiger partial charge < -0.3 is 9.84 Å². The summed E-state index contributed by atoms with van der Waals surface area (Å²) in [6, 6.07) is 3.71. The Hall–Kier alpha value is -2.74. The van der Waals surface area contributed by atoms with Gasteiger partial charge in [0.05, 0.1) is 16.6 Å². The lowest BCUT2D eigenvalue weighted by Gasteiger charge is -2.18. The second-order valence-electron chi connectivity index (χ2n) is 6.38. The summed E-state index contributed by atoms with van der Waals surface area (Å²) < 4.78 is 8.43. The van der Waals surface area contributed by atoms with Crippen molar-refractivity contribution in [3.05, 3.63) is 51.1 Å². The van der Waals surface area contributed by atoms with Crippen LogP contribution in [0.5, 0.6) is 5.75 Å². The molecule has 1 atom stereocenters. The number of aromatic nitrogens is 3. The average Bonchev–Trinajstić information content (AvgIpc) is 2.93. The van der Waals surface area contributed by atoms with E-state index in [0.717, 1.165) is 32.7 Å². The number of carbonyl (C=O) groups is 1. The van der Waals surface area contributed by atoms with E-state index in [0.29, 0.717) is 18.0 Å². The molecule has 2 aromatic heterocycles. The van der Waals surface area contributed by atoms with Crippen molar-refractivity contribution in [3.63, 3.8) is 0 Å². The Morgan fingerprint density at radius 3 is 2.63 bits per heavy atom. The standard InChI is InChI=1S/C19H21N3O4S/c1-4-14(18-20-9-11(2)10-21-18)26-15-8-16-13(7-12(15)3)22(19(25)27-16)6-5-17(23)24/h7-10,14H,4-6H2,1-3H3,(H,23,24)/t14-/m1/s1. The van der Waals surface area contributed by atoms with Crippen LogP contribution < -0.4 is 9.61 Å². The first kappa shape index (κ1) is 19.0. The van der Waals surface area contributed by atoms with Crippen LogP contribution in [-0.4, -0.2) is 25.6 Å². The third-order valence-corrected chi connectivity index (χ3v) is 5.19. The third kappa shape index (κ3) is 4.16. The van der Waals surface area contributed by atoms with E-state index in [1.807, 2.05) is 32.9 Å². The molecule has 8 heteroatoms. The van der Waals surface area contributed by atoms with Crippen molar-refractivity contribution in [3.8, 4) is 5.75 Å². The number of hydrogen-bond acceptors (Lipinski definition) is 6. The number of carboxylic acid groups (broad SMARTS) is 1. The molecule has 0 aliphatic heterocycles. The van der Waals surface area contributed by atoms with Crippen LogP contribution in [0.2, 0.25) is 0 Å². The van der Waals surface area contributed by atoms with Gasteiger partial charge >= 0.3 is 10.8 Å². The fraction of sp³-hybridized carbons (Fsp3) is 0.368. The lowest BCUT2D eigenvalue weighted by atomic mass is 10.2. The van der Waals surface area contributed by atoms with Gasteiger partial charge in [-0.25, -0.2) is 9.97 Å². The molecule has 0 unspecified atom stereocenters. The van der Waals surface area contributed by atoms with Gasteiger partial charge in [-0.05, 0) is 43.5 Å². The number of hydrogen-bond donors (Lipinski definition) is 1. The van der Waals surface area contributed by atoms with E-state index in [4.69, 9.17) is 9.84 Å². The Morgan fingerprint density at radius 1 is 1.30 bits per heavy atom. The van der Waals surface area contributed by atoms with Crippen molar-refractivity contribution in [2.24, 2.45) is 0 Å². The summed E-state index contributed by atoms with van der Waals surface area (Å²) in [5, 5.41) is 8.88. The number of carboxylic acids is 1. The van der Waals surface area contributed by atoms with E-state index in [9.17, 15) is 9.59 Å². The first-order chi connectivity index (χ1) is 12.9. The normalized spacial score (nSPS) is 12.3. The van der Waals surface area contributed by atoms with Gasteiger partial charge in [0.2, 0.25) is 0 Å². The zero-order valence-electron chi connectivity index (χ0n) is 15.4. The number of aryl methyl sites for hydroxylation is 3. The zero-order chi connectivity index (χ0) is 19.6. The quantitative estimate of drug-likeness (QED) is 0.667. The highest BCUT2D eigenvalue weighted by molar-refractivity contribution is 7.16. The Morgan fingerprint density at radius 2 is 2.00 bits per heavy atom. The van der Waals surface area contributed by atoms with Crippen molar-refractivity contribution in [2.45, 2.75) is 46.3 Å². The van der Waals surface area contributed by atoms with Crippen molar-refractivity contribution in [1.29, 1.82) is 0 Å². The van der Waals surface area contributed by atoms with E-state index in [1.165, 1.54) is 4.57 Å². The number of nitrogens with zero attached hydrogens (tertiary/aromatic N) is 3. The SMILES string of the molecule is CC[C@@H](Oc1cc2sc(=O)n(CCC(=O)O)c2cc1C)c1ncc(C)cn1. The summed E-state index contributed by atoms with van der Waals surface area (Å²) in [5.41, 5.74) is 2.59. The Labute approximate surface area is 160 Å². The molecule has 27 heavy (non-hydrogen) atoms. The molecule has 0 aliphatic rings. The lowest BCUT2D eigenvalue weighted by Crippen LogP contribution is -2.15. The van der Waals surface area contributed by atoms with Gasteiger partial charge in [-0.2, -0.15) is 0 Å². The van der Waals surface area contributed by atoms with Crippen LogP contribution in [0.1, 0.15) is 42.8 Å². The summed E-state index contributed by atoms with van der Waals surface area (Å²) in [4.78, 5) is 31.6. The molecule has 1 N–H and O–H groups in total. The highest BCUT2D eigenvalue weighted by atomic mass is 32.1. The summed E-state index contributed by atoms with van der Waals surface area (Å²) >= 11 is 1.09. The molecule has 0 saturated carbocycles. The molecule has 7 nitrogen and oxygen atoms in total. The first-order valence-electron chi connectivity index (χ1n) is 8.70. The summed E-state index contributed by atoms with van der Waals surface area (Å²) in [7, 11) is 0. The Bertz CT molecular complexity index is 1020. The van der Waals surface area contributed by atoms with Crippen LogP contribution in [0, 0.1) is 13.8 Å². The van der Waals surface area contributed by atoms with Crippen LogP contribution in [0.15, 0.2) is 29.3 Å². The molecule has 0 radical (unpaired) electrons. The minimum absolute atomic E-state index is 0.0916. The molecule has 0 spiro atoms. The van der Waals surface area contributed by atoms with E-state index in [1.54, 1.807) is 12.4 Å². The second-order valence-corrected chi connectivity index (χ2v) is 7.38. The van der Waals surface area contributed by atoms with Gasteiger partial charge in [0, 0.05) is 18.9 Å². The van der Waals surface area contributed by atoms with Crippen LogP contribution in [-0.2, 0) is 11.3 Å². The fourth-order valence-electron chi connectivity index (χ4n) is 2.78. The number of rotatable bonds is 7. The molecule has 0 bridgehead atoms. The van der Waals surface area contributed by atoms with Crippen molar-refractivity contribution >= 4 is 27.5 Å². The number of thiazole rings is 1. The van der Waals surface area contributed by atoms with Crippen molar-refractivity contribution in [2.75, 3.05) is 0 Å². The van der Waals surface area contributed by atoms with Gasteiger partial charge in [0.25, 0.3) is 0 Å². The predicted molar refractivity (Wildman–Crippen MR) is 104 cm³/mol. The van der Waals surface area contributed by atoms with Gasteiger partial charge in [0.15, 0.2) is 11.9 Å². The van der Waals surface area contributed by atoms with Gasteiger partial charge in [-0.3, -0.25) is 14.2 Å². The van der Waals surface area contributed by atoms with Gasteiger partial charge in [-0.15, -0.1) is 0 Å². The van der Waals surface area contributed by atoms with Crippen LogP contribution >= 0.6 is 11.3 Å². The van der Waals surface area contributed by atoms with E-state index in [-0.39, 0.29) is 23.9 Å². The summed E-state index contributed by atoms with van der Waals surface area (Å²) in [6.45, 7) is 5.99. The molecular weight excluding hydrogens is 366 g/mol. The van der Waals surface area contributed by atoms with Crippen molar-refractivity contribution in [1.82, 2.24) is 14.5 Å². The van der Waals surface area contributed by atoms with Gasteiger partial charge in [0.1, 0.15) is 5.75 Å². The second kappa shape index (κ2) is 7.87. The first-order valence-corrected chi connectivity index (χ1v) is 9.51. The molecule has 142 valence electrons. The molecule has 2 heterocycles. The molecular formula is C19H21N3O4S. The minimum atomic E-state index is -0.929. The third-order valence-electron chi connectivity index (χ3n) is 4.24. The minimum Gasteiger partial charge on any atom is -0.482 e. The summed E-state index contributed by atoms with van der Waals surface area (Å²) in [5.74, 6) is 0.363. The van der Waals surface area contributed by atoms with E-state index in [2.05, 4.69) is 9.97 Å². The van der Waals surface area contributed by atoms with Crippen molar-refractivity contribution < 1.29 is 14.6 Å². The fourth-order valence-corrected chi connectivity index (χ4v) is 3.71. The number of ether oxygens (including phenoxy) is 1. The maximum atomic E-state index is 12.2. The summed E-state index contributed by atoms with van der Waals surface area (Å²) in [6.07, 6.45) is 3.85. The molecule has 0 amide bonds. The van der Waals surface area contributed by atoms with E-state index >= 15 is 0 Å². The maximum absolute atomic E-state index is 12.2. The lowest BCUT2D eigenvalue weighted by molar-refractivity contribution is -0.137. The molecule has 0 fully saturated rings. The van der Waals surface area contributed by atoms with Gasteiger partial charge in [-0.1, -0.05) is 18.3 Å². The van der Waals surface area contributed by atoms with Crippen LogP contribution in [0.25, 0.3) is 10.2 Å². The average molecular weight is 387 g/mol. The number of aliphatic carboxylic acids is 1. The molecule has 3 aromatic rings. The highest BCUT2D eigenvalue weighted by Gasteiger charge is 2.18. The Balaban J connectivity index is 1.93. The molecule has 0 aliphatic carbocycles. The van der Waals surface area contributed by atoms with Crippen LogP contribution in [0.4, 0.5) is 0 Å². The maximum Gasteiger partial charge on any atom is 0.308 e. The number of benzene rings is 1. The smallest absolute Gasteiger partial charge is 0.308 e. The molecule has 0 saturated heterocycles. The topological polar surface area (TPSA) is 94.3 Å². The molecule has 3 rings (SSSR count). The highest BCUT2D eigenvalue weighted by Crippen LogP contribution is 2.31. The van der Waals surface area contributed by atoms with E-state index < -0.39 is 5.97 Å². The largest absolute Gasteiger partial charge is 0.482 e. The monoisotopic (exact) mass is 387 g/mol. The molecule has 1 aromatic carbocycles. The Kier molecular flexibility index (Phi) is 5.55.